The second-order valence-corrected chi connectivity index (χ2v) is 7.40. The SMILES string of the molecule is Cn1cncc1-c1cc(C(=O)NC(C)(C)C)cc(-c2ccc(F)cc2)c1. The van der Waals surface area contributed by atoms with Crippen LogP contribution in [-0.2, 0) is 7.05 Å². The van der Waals surface area contributed by atoms with Crippen molar-refractivity contribution in [1.29, 1.82) is 0 Å². The zero-order chi connectivity index (χ0) is 18.9. The number of imidazole rings is 1. The summed E-state index contributed by atoms with van der Waals surface area (Å²) in [6.45, 7) is 5.82. The molecular weight excluding hydrogens is 329 g/mol. The van der Waals surface area contributed by atoms with Crippen LogP contribution in [0, 0.1) is 5.82 Å². The van der Waals surface area contributed by atoms with Gasteiger partial charge in [0.1, 0.15) is 5.82 Å². The lowest BCUT2D eigenvalue weighted by molar-refractivity contribution is 0.0919. The summed E-state index contributed by atoms with van der Waals surface area (Å²) in [5, 5.41) is 2.99. The summed E-state index contributed by atoms with van der Waals surface area (Å²) in [5.74, 6) is -0.438. The van der Waals surface area contributed by atoms with Crippen LogP contribution < -0.4 is 5.32 Å². The molecule has 26 heavy (non-hydrogen) atoms. The summed E-state index contributed by atoms with van der Waals surface area (Å²) < 4.78 is 15.2. The second kappa shape index (κ2) is 6.75. The number of amides is 1. The normalized spacial score (nSPS) is 11.4. The highest BCUT2D eigenvalue weighted by Crippen LogP contribution is 2.28. The van der Waals surface area contributed by atoms with E-state index in [4.69, 9.17) is 0 Å². The first-order valence-corrected chi connectivity index (χ1v) is 8.43. The van der Waals surface area contributed by atoms with Crippen molar-refractivity contribution in [2.24, 2.45) is 7.05 Å². The van der Waals surface area contributed by atoms with E-state index in [2.05, 4.69) is 10.3 Å². The summed E-state index contributed by atoms with van der Waals surface area (Å²) in [6, 6.07) is 11.9. The molecule has 0 saturated carbocycles. The Morgan fingerprint density at radius 3 is 2.27 bits per heavy atom. The van der Waals surface area contributed by atoms with E-state index < -0.39 is 0 Å². The largest absolute Gasteiger partial charge is 0.347 e. The van der Waals surface area contributed by atoms with Crippen molar-refractivity contribution in [1.82, 2.24) is 14.9 Å². The number of aryl methyl sites for hydroxylation is 1. The zero-order valence-corrected chi connectivity index (χ0v) is 15.4. The fourth-order valence-electron chi connectivity index (χ4n) is 2.76. The number of hydrogen-bond donors (Lipinski definition) is 1. The average Bonchev–Trinajstić information content (AvgIpc) is 2.99. The third kappa shape index (κ3) is 3.99. The maximum atomic E-state index is 13.3. The monoisotopic (exact) mass is 351 g/mol. The van der Waals surface area contributed by atoms with Crippen LogP contribution in [0.1, 0.15) is 31.1 Å². The Labute approximate surface area is 152 Å². The molecule has 0 atom stereocenters. The molecule has 0 aliphatic carbocycles. The van der Waals surface area contributed by atoms with Gasteiger partial charge in [0, 0.05) is 23.7 Å². The van der Waals surface area contributed by atoms with Crippen LogP contribution in [0.5, 0.6) is 0 Å². The smallest absolute Gasteiger partial charge is 0.251 e. The fourth-order valence-corrected chi connectivity index (χ4v) is 2.76. The zero-order valence-electron chi connectivity index (χ0n) is 15.4. The van der Waals surface area contributed by atoms with E-state index >= 15 is 0 Å². The topological polar surface area (TPSA) is 46.9 Å². The third-order valence-electron chi connectivity index (χ3n) is 3.97. The minimum Gasteiger partial charge on any atom is -0.347 e. The summed E-state index contributed by atoms with van der Waals surface area (Å²) >= 11 is 0. The van der Waals surface area contributed by atoms with Crippen LogP contribution in [0.4, 0.5) is 4.39 Å². The van der Waals surface area contributed by atoms with Gasteiger partial charge in [0.25, 0.3) is 5.91 Å². The molecule has 0 saturated heterocycles. The molecule has 5 heteroatoms. The molecule has 1 amide bonds. The molecule has 134 valence electrons. The summed E-state index contributed by atoms with van der Waals surface area (Å²) in [5.41, 5.74) is 3.70. The van der Waals surface area contributed by atoms with Crippen LogP contribution in [-0.4, -0.2) is 21.0 Å². The van der Waals surface area contributed by atoms with E-state index in [0.717, 1.165) is 22.4 Å². The van der Waals surface area contributed by atoms with E-state index in [9.17, 15) is 9.18 Å². The van der Waals surface area contributed by atoms with Gasteiger partial charge in [-0.2, -0.15) is 0 Å². The molecule has 0 aliphatic heterocycles. The Morgan fingerprint density at radius 1 is 1.04 bits per heavy atom. The van der Waals surface area contributed by atoms with Crippen LogP contribution in [0.25, 0.3) is 22.4 Å². The lowest BCUT2D eigenvalue weighted by Gasteiger charge is -2.21. The van der Waals surface area contributed by atoms with Crippen molar-refractivity contribution in [3.8, 4) is 22.4 Å². The molecule has 4 nitrogen and oxygen atoms in total. The lowest BCUT2D eigenvalue weighted by Crippen LogP contribution is -2.40. The highest BCUT2D eigenvalue weighted by molar-refractivity contribution is 5.97. The van der Waals surface area contributed by atoms with Gasteiger partial charge < -0.3 is 9.88 Å². The van der Waals surface area contributed by atoms with Gasteiger partial charge in [-0.25, -0.2) is 9.37 Å². The molecule has 1 heterocycles. The number of benzene rings is 2. The molecule has 1 aromatic heterocycles. The first-order chi connectivity index (χ1) is 12.2. The Bertz CT molecular complexity index is 937. The number of hydrogen-bond acceptors (Lipinski definition) is 2. The van der Waals surface area contributed by atoms with E-state index in [1.807, 2.05) is 50.6 Å². The van der Waals surface area contributed by atoms with Crippen molar-refractivity contribution in [2.45, 2.75) is 26.3 Å². The van der Waals surface area contributed by atoms with Crippen LogP contribution in [0.3, 0.4) is 0 Å². The van der Waals surface area contributed by atoms with Crippen molar-refractivity contribution < 1.29 is 9.18 Å². The van der Waals surface area contributed by atoms with Crippen molar-refractivity contribution in [3.63, 3.8) is 0 Å². The lowest BCUT2D eigenvalue weighted by atomic mass is 9.97. The quantitative estimate of drug-likeness (QED) is 0.759. The highest BCUT2D eigenvalue weighted by atomic mass is 19.1. The van der Waals surface area contributed by atoms with Gasteiger partial charge in [0.05, 0.1) is 18.2 Å². The van der Waals surface area contributed by atoms with Gasteiger partial charge in [0.15, 0.2) is 0 Å². The summed E-state index contributed by atoms with van der Waals surface area (Å²) in [4.78, 5) is 16.9. The number of nitrogens with zero attached hydrogens (tertiary/aromatic N) is 2. The van der Waals surface area contributed by atoms with Gasteiger partial charge in [-0.15, -0.1) is 0 Å². The van der Waals surface area contributed by atoms with Gasteiger partial charge in [-0.1, -0.05) is 12.1 Å². The van der Waals surface area contributed by atoms with Crippen LogP contribution in [0.2, 0.25) is 0 Å². The fraction of sp³-hybridized carbons (Fsp3) is 0.238. The summed E-state index contributed by atoms with van der Waals surface area (Å²) in [7, 11) is 1.90. The van der Waals surface area contributed by atoms with Crippen LogP contribution in [0.15, 0.2) is 55.0 Å². The van der Waals surface area contributed by atoms with Gasteiger partial charge in [0.2, 0.25) is 0 Å². The van der Waals surface area contributed by atoms with E-state index in [-0.39, 0.29) is 17.3 Å². The number of halogens is 1. The molecule has 0 fully saturated rings. The summed E-state index contributed by atoms with van der Waals surface area (Å²) in [6.07, 6.45) is 3.48. The Morgan fingerprint density at radius 2 is 1.69 bits per heavy atom. The average molecular weight is 351 g/mol. The van der Waals surface area contributed by atoms with Crippen molar-refractivity contribution >= 4 is 5.91 Å². The second-order valence-electron chi connectivity index (χ2n) is 7.40. The third-order valence-corrected chi connectivity index (χ3v) is 3.97. The molecule has 3 rings (SSSR count). The molecule has 0 aliphatic rings. The number of rotatable bonds is 3. The Kier molecular flexibility index (Phi) is 4.64. The van der Waals surface area contributed by atoms with E-state index in [1.54, 1.807) is 24.7 Å². The molecule has 0 bridgehead atoms. The van der Waals surface area contributed by atoms with Gasteiger partial charge in [-0.3, -0.25) is 4.79 Å². The molecule has 2 aromatic carbocycles. The molecular formula is C21H22FN3O. The minimum atomic E-state index is -0.338. The molecule has 0 spiro atoms. The first kappa shape index (κ1) is 17.9. The van der Waals surface area contributed by atoms with Crippen LogP contribution >= 0.6 is 0 Å². The Balaban J connectivity index is 2.12. The standard InChI is InChI=1S/C21H22FN3O/c1-21(2,3)24-20(26)17-10-15(14-5-7-18(22)8-6-14)9-16(11-17)19-12-23-13-25(19)4/h5-13H,1-4H3,(H,24,26). The number of aromatic nitrogens is 2. The van der Waals surface area contributed by atoms with Gasteiger partial charge >= 0.3 is 0 Å². The maximum absolute atomic E-state index is 13.3. The highest BCUT2D eigenvalue weighted by Gasteiger charge is 2.17. The number of carbonyl (C=O) groups is 1. The van der Waals surface area contributed by atoms with Crippen molar-refractivity contribution in [3.05, 3.63) is 66.4 Å². The predicted octanol–water partition coefficient (Wildman–Crippen LogP) is 4.42. The first-order valence-electron chi connectivity index (χ1n) is 8.43. The number of nitrogens with one attached hydrogen (secondary N) is 1. The minimum absolute atomic E-state index is 0.148. The van der Waals surface area contributed by atoms with E-state index in [1.165, 1.54) is 12.1 Å². The molecule has 0 radical (unpaired) electrons. The maximum Gasteiger partial charge on any atom is 0.251 e. The molecule has 3 aromatic rings. The Hall–Kier alpha value is -2.95. The van der Waals surface area contributed by atoms with Gasteiger partial charge in [-0.05, 0) is 62.2 Å². The number of carbonyl (C=O) groups excluding carboxylic acids is 1. The predicted molar refractivity (Wildman–Crippen MR) is 101 cm³/mol. The molecule has 1 N–H and O–H groups in total. The molecule has 0 unspecified atom stereocenters. The van der Waals surface area contributed by atoms with E-state index in [0.29, 0.717) is 5.56 Å². The van der Waals surface area contributed by atoms with Crippen molar-refractivity contribution in [2.75, 3.05) is 0 Å².